The normalized spacial score (nSPS) is 11.9. The lowest BCUT2D eigenvalue weighted by Gasteiger charge is -2.14. The predicted octanol–water partition coefficient (Wildman–Crippen LogP) is 0.936. The molecule has 1 unspecified atom stereocenters. The molecule has 5 heteroatoms. The van der Waals surface area contributed by atoms with Crippen LogP contribution in [-0.2, 0) is 16.1 Å². The highest BCUT2D eigenvalue weighted by atomic mass is 16.5. The van der Waals surface area contributed by atoms with Crippen molar-refractivity contribution in [2.75, 3.05) is 27.4 Å². The van der Waals surface area contributed by atoms with Gasteiger partial charge in [0.15, 0.2) is 0 Å². The van der Waals surface area contributed by atoms with Gasteiger partial charge in [0.05, 0.1) is 19.8 Å². The molecule has 1 aromatic rings. The van der Waals surface area contributed by atoms with Gasteiger partial charge in [0.2, 0.25) is 5.91 Å². The molecular weight excluding hydrogens is 244 g/mol. The molecule has 0 spiro atoms. The molecule has 0 aliphatic carbocycles. The zero-order chi connectivity index (χ0) is 14.1. The molecule has 0 saturated carbocycles. The third-order valence-electron chi connectivity index (χ3n) is 2.75. The van der Waals surface area contributed by atoms with Gasteiger partial charge in [-0.1, -0.05) is 12.1 Å². The van der Waals surface area contributed by atoms with E-state index in [9.17, 15) is 4.79 Å². The highest BCUT2D eigenvalue weighted by molar-refractivity contribution is 5.81. The van der Waals surface area contributed by atoms with E-state index in [4.69, 9.17) is 9.47 Å². The molecule has 0 heterocycles. The Morgan fingerprint density at radius 3 is 2.84 bits per heavy atom. The molecule has 2 N–H and O–H groups in total. The quantitative estimate of drug-likeness (QED) is 0.687. The average Bonchev–Trinajstić information content (AvgIpc) is 2.45. The summed E-state index contributed by atoms with van der Waals surface area (Å²) in [6, 6.07) is 7.51. The zero-order valence-electron chi connectivity index (χ0n) is 11.7. The van der Waals surface area contributed by atoms with Gasteiger partial charge in [-0.15, -0.1) is 0 Å². The molecule has 0 aliphatic rings. The van der Waals surface area contributed by atoms with Crippen LogP contribution in [0.5, 0.6) is 5.75 Å². The highest BCUT2D eigenvalue weighted by Gasteiger charge is 2.11. The van der Waals surface area contributed by atoms with Crippen LogP contribution in [0.2, 0.25) is 0 Å². The summed E-state index contributed by atoms with van der Waals surface area (Å²) in [4.78, 5) is 11.7. The fraction of sp³-hybridized carbons (Fsp3) is 0.500. The number of carbonyl (C=O) groups excluding carboxylic acids is 1. The second-order valence-corrected chi connectivity index (χ2v) is 4.24. The SMILES string of the molecule is COCCNC(=O)C(C)NCc1cccc(OC)c1. The number of nitrogens with one attached hydrogen (secondary N) is 2. The molecule has 0 aliphatic heterocycles. The minimum atomic E-state index is -0.247. The van der Waals surface area contributed by atoms with Gasteiger partial charge >= 0.3 is 0 Å². The van der Waals surface area contributed by atoms with Crippen molar-refractivity contribution in [3.8, 4) is 5.75 Å². The monoisotopic (exact) mass is 266 g/mol. The van der Waals surface area contributed by atoms with Gasteiger partial charge in [-0.2, -0.15) is 0 Å². The molecular formula is C14H22N2O3. The number of ether oxygens (including phenoxy) is 2. The average molecular weight is 266 g/mol. The minimum Gasteiger partial charge on any atom is -0.497 e. The molecule has 1 amide bonds. The van der Waals surface area contributed by atoms with Gasteiger partial charge in [-0.3, -0.25) is 4.79 Å². The van der Waals surface area contributed by atoms with Crippen molar-refractivity contribution in [3.63, 3.8) is 0 Å². The number of carbonyl (C=O) groups is 1. The first-order chi connectivity index (χ1) is 9.17. The van der Waals surface area contributed by atoms with Gasteiger partial charge in [0, 0.05) is 20.2 Å². The summed E-state index contributed by atoms with van der Waals surface area (Å²) in [6.07, 6.45) is 0. The van der Waals surface area contributed by atoms with Crippen LogP contribution < -0.4 is 15.4 Å². The number of rotatable bonds is 8. The number of benzene rings is 1. The zero-order valence-corrected chi connectivity index (χ0v) is 11.7. The third-order valence-corrected chi connectivity index (χ3v) is 2.75. The van der Waals surface area contributed by atoms with Crippen molar-refractivity contribution in [2.45, 2.75) is 19.5 Å². The van der Waals surface area contributed by atoms with Crippen molar-refractivity contribution < 1.29 is 14.3 Å². The first-order valence-electron chi connectivity index (χ1n) is 6.30. The minimum absolute atomic E-state index is 0.0278. The Balaban J connectivity index is 2.36. The van der Waals surface area contributed by atoms with E-state index in [-0.39, 0.29) is 11.9 Å². The Morgan fingerprint density at radius 2 is 2.16 bits per heavy atom. The molecule has 0 saturated heterocycles. The molecule has 0 aromatic heterocycles. The Morgan fingerprint density at radius 1 is 1.37 bits per heavy atom. The van der Waals surface area contributed by atoms with Crippen LogP contribution in [0.4, 0.5) is 0 Å². The maximum Gasteiger partial charge on any atom is 0.236 e. The number of amides is 1. The fourth-order valence-corrected chi connectivity index (χ4v) is 1.58. The van der Waals surface area contributed by atoms with E-state index in [0.29, 0.717) is 19.7 Å². The molecule has 0 radical (unpaired) electrons. The van der Waals surface area contributed by atoms with Gasteiger partial charge < -0.3 is 20.1 Å². The second-order valence-electron chi connectivity index (χ2n) is 4.24. The largest absolute Gasteiger partial charge is 0.497 e. The molecule has 19 heavy (non-hydrogen) atoms. The molecule has 5 nitrogen and oxygen atoms in total. The Bertz CT molecular complexity index is 396. The van der Waals surface area contributed by atoms with Crippen LogP contribution in [0.15, 0.2) is 24.3 Å². The van der Waals surface area contributed by atoms with Crippen LogP contribution in [-0.4, -0.2) is 39.3 Å². The summed E-state index contributed by atoms with van der Waals surface area (Å²) in [5.41, 5.74) is 1.08. The highest BCUT2D eigenvalue weighted by Crippen LogP contribution is 2.12. The van der Waals surface area contributed by atoms with E-state index < -0.39 is 0 Å². The van der Waals surface area contributed by atoms with Crippen LogP contribution >= 0.6 is 0 Å². The molecule has 106 valence electrons. The van der Waals surface area contributed by atoms with Crippen molar-refractivity contribution in [1.82, 2.24) is 10.6 Å². The smallest absolute Gasteiger partial charge is 0.236 e. The number of hydrogen-bond acceptors (Lipinski definition) is 4. The van der Waals surface area contributed by atoms with Crippen LogP contribution in [0, 0.1) is 0 Å². The summed E-state index contributed by atoms with van der Waals surface area (Å²) >= 11 is 0. The lowest BCUT2D eigenvalue weighted by molar-refractivity contribution is -0.122. The number of hydrogen-bond donors (Lipinski definition) is 2. The van der Waals surface area contributed by atoms with Crippen molar-refractivity contribution in [2.24, 2.45) is 0 Å². The fourth-order valence-electron chi connectivity index (χ4n) is 1.58. The predicted molar refractivity (Wildman–Crippen MR) is 74.2 cm³/mol. The van der Waals surface area contributed by atoms with Gasteiger partial charge in [0.25, 0.3) is 0 Å². The van der Waals surface area contributed by atoms with E-state index in [1.54, 1.807) is 14.2 Å². The maximum absolute atomic E-state index is 11.7. The van der Waals surface area contributed by atoms with E-state index in [1.165, 1.54) is 0 Å². The van der Waals surface area contributed by atoms with Gasteiger partial charge in [0.1, 0.15) is 5.75 Å². The van der Waals surface area contributed by atoms with E-state index in [1.807, 2.05) is 31.2 Å². The molecule has 1 atom stereocenters. The summed E-state index contributed by atoms with van der Waals surface area (Å²) in [7, 11) is 3.25. The third kappa shape index (κ3) is 5.72. The van der Waals surface area contributed by atoms with E-state index in [2.05, 4.69) is 10.6 Å². The van der Waals surface area contributed by atoms with Crippen LogP contribution in [0.3, 0.4) is 0 Å². The molecule has 1 rings (SSSR count). The summed E-state index contributed by atoms with van der Waals surface area (Å²) < 4.78 is 10.0. The van der Waals surface area contributed by atoms with Crippen LogP contribution in [0.25, 0.3) is 0 Å². The molecule has 1 aromatic carbocycles. The Kier molecular flexibility index (Phi) is 6.92. The lowest BCUT2D eigenvalue weighted by Crippen LogP contribution is -2.42. The number of methoxy groups -OCH3 is 2. The van der Waals surface area contributed by atoms with Crippen molar-refractivity contribution in [3.05, 3.63) is 29.8 Å². The van der Waals surface area contributed by atoms with E-state index in [0.717, 1.165) is 11.3 Å². The second kappa shape index (κ2) is 8.50. The summed E-state index contributed by atoms with van der Waals surface area (Å²) in [5.74, 6) is 0.788. The van der Waals surface area contributed by atoms with Gasteiger partial charge in [-0.25, -0.2) is 0 Å². The van der Waals surface area contributed by atoms with Crippen molar-refractivity contribution >= 4 is 5.91 Å². The standard InChI is InChI=1S/C14H22N2O3/c1-11(14(17)15-7-8-18-2)16-10-12-5-4-6-13(9-12)19-3/h4-6,9,11,16H,7-8,10H2,1-3H3,(H,15,17). The molecule has 0 bridgehead atoms. The Hall–Kier alpha value is -1.59. The van der Waals surface area contributed by atoms with Crippen molar-refractivity contribution in [1.29, 1.82) is 0 Å². The summed E-state index contributed by atoms with van der Waals surface area (Å²) in [5, 5.41) is 5.96. The first kappa shape index (κ1) is 15.5. The molecule has 0 fully saturated rings. The summed E-state index contributed by atoms with van der Waals surface area (Å²) in [6.45, 7) is 3.51. The Labute approximate surface area is 114 Å². The van der Waals surface area contributed by atoms with Gasteiger partial charge in [-0.05, 0) is 24.6 Å². The van der Waals surface area contributed by atoms with E-state index >= 15 is 0 Å². The van der Waals surface area contributed by atoms with Crippen LogP contribution in [0.1, 0.15) is 12.5 Å². The lowest BCUT2D eigenvalue weighted by atomic mass is 10.2. The topological polar surface area (TPSA) is 59.6 Å². The first-order valence-corrected chi connectivity index (χ1v) is 6.30. The maximum atomic E-state index is 11.7.